The summed E-state index contributed by atoms with van der Waals surface area (Å²) in [6.45, 7) is 6.16. The number of carbonyl (C=O) groups is 2. The molecule has 1 aromatic rings. The van der Waals surface area contributed by atoms with Gasteiger partial charge in [-0.25, -0.2) is 4.79 Å². The highest BCUT2D eigenvalue weighted by Crippen LogP contribution is 2.32. The number of halogens is 3. The van der Waals surface area contributed by atoms with Gasteiger partial charge in [0.2, 0.25) is 0 Å². The third-order valence-corrected chi connectivity index (χ3v) is 5.92. The molecule has 0 bridgehead atoms. The zero-order valence-electron chi connectivity index (χ0n) is 16.7. The van der Waals surface area contributed by atoms with Gasteiger partial charge in [0.1, 0.15) is 0 Å². The Labute approximate surface area is 173 Å². The molecule has 0 aliphatic carbocycles. The van der Waals surface area contributed by atoms with Crippen LogP contribution in [0, 0.1) is 11.8 Å². The van der Waals surface area contributed by atoms with Crippen LogP contribution in [0.15, 0.2) is 30.3 Å². The Balaban J connectivity index is 0.000000318. The molecule has 6 nitrogen and oxygen atoms in total. The third-order valence-electron chi connectivity index (χ3n) is 5.92. The van der Waals surface area contributed by atoms with E-state index in [9.17, 15) is 18.0 Å². The first kappa shape index (κ1) is 22.6. The van der Waals surface area contributed by atoms with Gasteiger partial charge in [0.05, 0.1) is 6.10 Å². The fraction of sp³-hybridized carbons (Fsp3) is 0.619. The average Bonchev–Trinajstić information content (AvgIpc) is 3.37. The highest BCUT2D eigenvalue weighted by atomic mass is 19.4. The van der Waals surface area contributed by atoms with Gasteiger partial charge in [-0.2, -0.15) is 13.2 Å². The first-order valence-electron chi connectivity index (χ1n) is 10.2. The van der Waals surface area contributed by atoms with E-state index >= 15 is 0 Å². The molecule has 1 unspecified atom stereocenters. The first-order chi connectivity index (χ1) is 14.2. The molecule has 30 heavy (non-hydrogen) atoms. The monoisotopic (exact) mass is 428 g/mol. The number of benzene rings is 1. The van der Waals surface area contributed by atoms with Gasteiger partial charge in [0.25, 0.3) is 5.91 Å². The Morgan fingerprint density at radius 3 is 2.33 bits per heavy atom. The largest absolute Gasteiger partial charge is 0.490 e. The summed E-state index contributed by atoms with van der Waals surface area (Å²) in [4.78, 5) is 26.2. The molecule has 0 aromatic heterocycles. The fourth-order valence-corrected chi connectivity index (χ4v) is 4.42. The number of amides is 1. The van der Waals surface area contributed by atoms with Crippen LogP contribution in [0.25, 0.3) is 0 Å². The lowest BCUT2D eigenvalue weighted by Gasteiger charge is -2.35. The smallest absolute Gasteiger partial charge is 0.475 e. The lowest BCUT2D eigenvalue weighted by atomic mass is 9.88. The standard InChI is InChI=1S/C19H26N2O2.C2HF3O2/c22-19(15-5-2-1-3-6-15)21-12-16-8-9-20(11-17(16)13-21)14-18-7-4-10-23-18;3-2(4,5)1(6)7/h1-3,5-6,16-18H,4,7-14H2;(H,6,7)/t16-,17+,18?;/m0./s1. The van der Waals surface area contributed by atoms with E-state index in [1.807, 2.05) is 30.3 Å². The van der Waals surface area contributed by atoms with Crippen molar-refractivity contribution in [1.82, 2.24) is 9.80 Å². The quantitative estimate of drug-likeness (QED) is 0.802. The molecule has 4 rings (SSSR count). The van der Waals surface area contributed by atoms with Gasteiger partial charge in [0.15, 0.2) is 0 Å². The van der Waals surface area contributed by atoms with E-state index in [2.05, 4.69) is 9.80 Å². The number of carboxylic acid groups (broad SMARTS) is 1. The number of hydrogen-bond acceptors (Lipinski definition) is 4. The summed E-state index contributed by atoms with van der Waals surface area (Å²) in [5.74, 6) is -1.24. The Morgan fingerprint density at radius 1 is 1.07 bits per heavy atom. The van der Waals surface area contributed by atoms with Crippen molar-refractivity contribution >= 4 is 11.9 Å². The van der Waals surface area contributed by atoms with Crippen LogP contribution in [0.1, 0.15) is 29.6 Å². The number of likely N-dealkylation sites (tertiary alicyclic amines) is 2. The second-order valence-corrected chi connectivity index (χ2v) is 8.08. The number of aliphatic carboxylic acids is 1. The van der Waals surface area contributed by atoms with Crippen molar-refractivity contribution in [2.45, 2.75) is 31.5 Å². The van der Waals surface area contributed by atoms with E-state index < -0.39 is 12.1 Å². The topological polar surface area (TPSA) is 70.1 Å². The fourth-order valence-electron chi connectivity index (χ4n) is 4.42. The number of carboxylic acids is 1. The first-order valence-corrected chi connectivity index (χ1v) is 10.2. The maximum Gasteiger partial charge on any atom is 0.490 e. The number of hydrogen-bond donors (Lipinski definition) is 1. The van der Waals surface area contributed by atoms with Crippen molar-refractivity contribution in [1.29, 1.82) is 0 Å². The minimum absolute atomic E-state index is 0.200. The van der Waals surface area contributed by atoms with Crippen LogP contribution >= 0.6 is 0 Å². The van der Waals surface area contributed by atoms with Gasteiger partial charge in [-0.3, -0.25) is 4.79 Å². The molecule has 0 spiro atoms. The van der Waals surface area contributed by atoms with Crippen LogP contribution in [0.3, 0.4) is 0 Å². The molecule has 3 saturated heterocycles. The zero-order valence-corrected chi connectivity index (χ0v) is 16.7. The predicted octanol–water partition coefficient (Wildman–Crippen LogP) is 2.89. The molecule has 1 amide bonds. The van der Waals surface area contributed by atoms with Gasteiger partial charge in [-0.1, -0.05) is 18.2 Å². The van der Waals surface area contributed by atoms with Crippen LogP contribution in [-0.4, -0.2) is 78.4 Å². The Hall–Kier alpha value is -2.13. The summed E-state index contributed by atoms with van der Waals surface area (Å²) in [7, 11) is 0. The highest BCUT2D eigenvalue weighted by molar-refractivity contribution is 5.94. The van der Waals surface area contributed by atoms with E-state index in [-0.39, 0.29) is 5.91 Å². The molecule has 0 saturated carbocycles. The van der Waals surface area contributed by atoms with Crippen LogP contribution in [0.4, 0.5) is 13.2 Å². The number of carbonyl (C=O) groups excluding carboxylic acids is 1. The molecular weight excluding hydrogens is 401 g/mol. The molecule has 1 aromatic carbocycles. The lowest BCUT2D eigenvalue weighted by Crippen LogP contribution is -2.43. The van der Waals surface area contributed by atoms with Crippen molar-refractivity contribution in [3.63, 3.8) is 0 Å². The van der Waals surface area contributed by atoms with Crippen molar-refractivity contribution in [3.05, 3.63) is 35.9 Å². The molecule has 3 heterocycles. The number of piperidine rings is 1. The summed E-state index contributed by atoms with van der Waals surface area (Å²) < 4.78 is 37.5. The van der Waals surface area contributed by atoms with Crippen LogP contribution in [0.5, 0.6) is 0 Å². The van der Waals surface area contributed by atoms with Gasteiger partial charge < -0.3 is 19.6 Å². The highest BCUT2D eigenvalue weighted by Gasteiger charge is 2.39. The summed E-state index contributed by atoms with van der Waals surface area (Å²) >= 11 is 0. The average molecular weight is 428 g/mol. The van der Waals surface area contributed by atoms with Crippen LogP contribution in [-0.2, 0) is 9.53 Å². The summed E-state index contributed by atoms with van der Waals surface area (Å²) in [6, 6.07) is 9.70. The van der Waals surface area contributed by atoms with E-state index in [0.717, 1.165) is 44.9 Å². The molecule has 3 fully saturated rings. The zero-order chi connectivity index (χ0) is 21.7. The Kier molecular flexibility index (Phi) is 7.36. The maximum atomic E-state index is 12.6. The van der Waals surface area contributed by atoms with Gasteiger partial charge >= 0.3 is 12.1 Å². The molecule has 9 heteroatoms. The molecule has 3 atom stereocenters. The lowest BCUT2D eigenvalue weighted by molar-refractivity contribution is -0.192. The predicted molar refractivity (Wildman–Crippen MR) is 103 cm³/mol. The second kappa shape index (κ2) is 9.78. The van der Waals surface area contributed by atoms with Crippen LogP contribution in [0.2, 0.25) is 0 Å². The van der Waals surface area contributed by atoms with Crippen molar-refractivity contribution in [3.8, 4) is 0 Å². The molecule has 166 valence electrons. The maximum absolute atomic E-state index is 12.6. The summed E-state index contributed by atoms with van der Waals surface area (Å²) in [5.41, 5.74) is 0.822. The third kappa shape index (κ3) is 5.95. The molecule has 1 N–H and O–H groups in total. The van der Waals surface area contributed by atoms with E-state index in [4.69, 9.17) is 14.6 Å². The minimum Gasteiger partial charge on any atom is -0.475 e. The minimum atomic E-state index is -5.08. The number of alkyl halides is 3. The normalized spacial score (nSPS) is 26.6. The summed E-state index contributed by atoms with van der Waals surface area (Å²) in [6.07, 6.45) is -1.00. The van der Waals surface area contributed by atoms with Crippen LogP contribution < -0.4 is 0 Å². The van der Waals surface area contributed by atoms with Crippen molar-refractivity contribution in [2.75, 3.05) is 39.3 Å². The Bertz CT molecular complexity index is 723. The molecule has 3 aliphatic heterocycles. The number of rotatable bonds is 3. The second-order valence-electron chi connectivity index (χ2n) is 8.08. The Morgan fingerprint density at radius 2 is 1.73 bits per heavy atom. The van der Waals surface area contributed by atoms with Crippen molar-refractivity contribution < 1.29 is 32.6 Å². The number of nitrogens with zero attached hydrogens (tertiary/aromatic N) is 2. The number of ether oxygens (including phenoxy) is 1. The SMILES string of the molecule is O=C(O)C(F)(F)F.O=C(c1ccccc1)N1C[C@H]2CN(CC3CCCO3)CC[C@H]2C1. The van der Waals surface area contributed by atoms with Gasteiger partial charge in [-0.05, 0) is 49.8 Å². The molecule has 3 aliphatic rings. The van der Waals surface area contributed by atoms with Gasteiger partial charge in [0, 0.05) is 38.3 Å². The molecule has 0 radical (unpaired) electrons. The summed E-state index contributed by atoms with van der Waals surface area (Å²) in [5, 5.41) is 7.12. The number of fused-ring (bicyclic) bond motifs is 1. The molecular formula is C21H27F3N2O4. The van der Waals surface area contributed by atoms with E-state index in [1.54, 1.807) is 0 Å². The van der Waals surface area contributed by atoms with Gasteiger partial charge in [-0.15, -0.1) is 0 Å². The van der Waals surface area contributed by atoms with E-state index in [1.165, 1.54) is 19.3 Å². The van der Waals surface area contributed by atoms with E-state index in [0.29, 0.717) is 17.9 Å². The van der Waals surface area contributed by atoms with Crippen molar-refractivity contribution in [2.24, 2.45) is 11.8 Å².